The van der Waals surface area contributed by atoms with Crippen molar-refractivity contribution in [1.29, 1.82) is 0 Å². The average Bonchev–Trinajstić information content (AvgIpc) is 2.23. The van der Waals surface area contributed by atoms with E-state index in [4.69, 9.17) is 0 Å². The molecule has 0 saturated heterocycles. The SMILES string of the molecule is CC1=CN2C(C)=NCCC2CC(C)C1. The van der Waals surface area contributed by atoms with Gasteiger partial charge in [-0.2, -0.15) is 0 Å². The highest BCUT2D eigenvalue weighted by Gasteiger charge is 2.26. The van der Waals surface area contributed by atoms with Gasteiger partial charge in [0.1, 0.15) is 0 Å². The standard InChI is InChI=1S/C12H20N2/c1-9-6-10(2)8-14-11(3)13-5-4-12(14)7-9/h8-9,12H,4-7H2,1-3H3. The summed E-state index contributed by atoms with van der Waals surface area (Å²) in [5.41, 5.74) is 1.50. The molecular formula is C12H20N2. The maximum atomic E-state index is 4.51. The van der Waals surface area contributed by atoms with Crippen molar-refractivity contribution in [2.45, 2.75) is 46.1 Å². The van der Waals surface area contributed by atoms with Crippen LogP contribution in [0.5, 0.6) is 0 Å². The Morgan fingerprint density at radius 2 is 2.21 bits per heavy atom. The van der Waals surface area contributed by atoms with Crippen molar-refractivity contribution < 1.29 is 0 Å². The van der Waals surface area contributed by atoms with Crippen molar-refractivity contribution >= 4 is 5.84 Å². The number of amidine groups is 1. The van der Waals surface area contributed by atoms with Crippen LogP contribution in [0.3, 0.4) is 0 Å². The van der Waals surface area contributed by atoms with Crippen molar-refractivity contribution in [3.8, 4) is 0 Å². The molecule has 0 spiro atoms. The number of allylic oxidation sites excluding steroid dienone is 1. The van der Waals surface area contributed by atoms with E-state index < -0.39 is 0 Å². The van der Waals surface area contributed by atoms with Crippen LogP contribution >= 0.6 is 0 Å². The Balaban J connectivity index is 2.25. The minimum absolute atomic E-state index is 0.708. The molecule has 2 nitrogen and oxygen atoms in total. The van der Waals surface area contributed by atoms with Crippen molar-refractivity contribution in [2.24, 2.45) is 10.9 Å². The molecule has 0 N–H and O–H groups in total. The van der Waals surface area contributed by atoms with Crippen LogP contribution in [0.1, 0.15) is 40.0 Å². The van der Waals surface area contributed by atoms with E-state index in [1.807, 2.05) is 0 Å². The fraction of sp³-hybridized carbons (Fsp3) is 0.750. The molecule has 14 heavy (non-hydrogen) atoms. The van der Waals surface area contributed by atoms with Gasteiger partial charge in [-0.05, 0) is 39.0 Å². The van der Waals surface area contributed by atoms with Crippen LogP contribution in [0, 0.1) is 5.92 Å². The summed E-state index contributed by atoms with van der Waals surface area (Å²) in [6, 6.07) is 0.708. The third-order valence-corrected chi connectivity index (χ3v) is 3.27. The molecule has 78 valence electrons. The predicted molar refractivity (Wildman–Crippen MR) is 60.4 cm³/mol. The maximum Gasteiger partial charge on any atom is 0.0999 e. The molecule has 2 heteroatoms. The molecule has 0 aromatic rings. The molecule has 0 aromatic carbocycles. The monoisotopic (exact) mass is 192 g/mol. The van der Waals surface area contributed by atoms with E-state index in [0.717, 1.165) is 12.5 Å². The summed E-state index contributed by atoms with van der Waals surface area (Å²) in [6.07, 6.45) is 6.11. The molecule has 0 saturated carbocycles. The van der Waals surface area contributed by atoms with Crippen LogP contribution in [-0.2, 0) is 0 Å². The fourth-order valence-corrected chi connectivity index (χ4v) is 2.68. The molecule has 2 rings (SSSR count). The van der Waals surface area contributed by atoms with Gasteiger partial charge in [0.05, 0.1) is 5.84 Å². The molecule has 2 aliphatic rings. The number of hydrogen-bond acceptors (Lipinski definition) is 2. The molecule has 0 aromatic heterocycles. The zero-order chi connectivity index (χ0) is 10.1. The second kappa shape index (κ2) is 3.76. The summed E-state index contributed by atoms with van der Waals surface area (Å²) in [5.74, 6) is 2.03. The molecule has 2 aliphatic heterocycles. The summed E-state index contributed by atoms with van der Waals surface area (Å²) in [6.45, 7) is 7.75. The van der Waals surface area contributed by atoms with E-state index in [9.17, 15) is 0 Å². The van der Waals surface area contributed by atoms with Crippen LogP contribution in [0.4, 0.5) is 0 Å². The van der Waals surface area contributed by atoms with Gasteiger partial charge in [0.2, 0.25) is 0 Å². The van der Waals surface area contributed by atoms with E-state index in [1.165, 1.54) is 30.7 Å². The zero-order valence-corrected chi connectivity index (χ0v) is 9.45. The van der Waals surface area contributed by atoms with Gasteiger partial charge in [-0.25, -0.2) is 0 Å². The largest absolute Gasteiger partial charge is 0.334 e. The van der Waals surface area contributed by atoms with Crippen molar-refractivity contribution in [3.63, 3.8) is 0 Å². The van der Waals surface area contributed by atoms with Gasteiger partial charge in [-0.3, -0.25) is 4.99 Å². The zero-order valence-electron chi connectivity index (χ0n) is 9.45. The smallest absolute Gasteiger partial charge is 0.0999 e. The van der Waals surface area contributed by atoms with Gasteiger partial charge in [0, 0.05) is 18.8 Å². The molecule has 0 bridgehead atoms. The van der Waals surface area contributed by atoms with Gasteiger partial charge < -0.3 is 4.90 Å². The highest BCUT2D eigenvalue weighted by Crippen LogP contribution is 2.28. The number of rotatable bonds is 0. The van der Waals surface area contributed by atoms with Crippen LogP contribution in [0.15, 0.2) is 16.8 Å². The van der Waals surface area contributed by atoms with Crippen molar-refractivity contribution in [3.05, 3.63) is 11.8 Å². The predicted octanol–water partition coefficient (Wildman–Crippen LogP) is 2.81. The van der Waals surface area contributed by atoms with E-state index in [1.54, 1.807) is 0 Å². The molecule has 2 unspecified atom stereocenters. The van der Waals surface area contributed by atoms with E-state index in [0.29, 0.717) is 6.04 Å². The summed E-state index contributed by atoms with van der Waals surface area (Å²) in [4.78, 5) is 6.90. The Morgan fingerprint density at radius 3 is 3.00 bits per heavy atom. The number of nitrogens with zero attached hydrogens (tertiary/aromatic N) is 2. The first-order valence-electron chi connectivity index (χ1n) is 5.63. The third kappa shape index (κ3) is 1.84. The highest BCUT2D eigenvalue weighted by molar-refractivity contribution is 5.81. The topological polar surface area (TPSA) is 15.6 Å². The minimum Gasteiger partial charge on any atom is -0.334 e. The fourth-order valence-electron chi connectivity index (χ4n) is 2.68. The number of hydrogen-bond donors (Lipinski definition) is 0. The number of fused-ring (bicyclic) bond motifs is 1. The summed E-state index contributed by atoms with van der Waals surface area (Å²) in [5, 5.41) is 0. The maximum absolute atomic E-state index is 4.51. The van der Waals surface area contributed by atoms with Crippen LogP contribution < -0.4 is 0 Å². The summed E-state index contributed by atoms with van der Waals surface area (Å²) < 4.78 is 0. The first-order valence-corrected chi connectivity index (χ1v) is 5.63. The summed E-state index contributed by atoms with van der Waals surface area (Å²) >= 11 is 0. The number of aliphatic imine (C=N–C) groups is 1. The lowest BCUT2D eigenvalue weighted by Gasteiger charge is -2.33. The lowest BCUT2D eigenvalue weighted by molar-refractivity contribution is 0.311. The van der Waals surface area contributed by atoms with E-state index in [2.05, 4.69) is 36.9 Å². The van der Waals surface area contributed by atoms with Gasteiger partial charge in [0.15, 0.2) is 0 Å². The minimum atomic E-state index is 0.708. The third-order valence-electron chi connectivity index (χ3n) is 3.27. The first-order chi connectivity index (χ1) is 6.66. The second-order valence-corrected chi connectivity index (χ2v) is 4.80. The summed E-state index contributed by atoms with van der Waals surface area (Å²) in [7, 11) is 0. The van der Waals surface area contributed by atoms with Crippen LogP contribution in [0.25, 0.3) is 0 Å². The Morgan fingerprint density at radius 1 is 1.43 bits per heavy atom. The van der Waals surface area contributed by atoms with Crippen molar-refractivity contribution in [2.75, 3.05) is 6.54 Å². The molecule has 2 heterocycles. The molecule has 0 radical (unpaired) electrons. The van der Waals surface area contributed by atoms with Gasteiger partial charge in [0.25, 0.3) is 0 Å². The molecule has 0 amide bonds. The lowest BCUT2D eigenvalue weighted by Crippen LogP contribution is -2.38. The van der Waals surface area contributed by atoms with Crippen LogP contribution in [0.2, 0.25) is 0 Å². The Labute approximate surface area is 86.7 Å². The molecule has 2 atom stereocenters. The van der Waals surface area contributed by atoms with Gasteiger partial charge in [-0.1, -0.05) is 12.5 Å². The quantitative estimate of drug-likeness (QED) is 0.576. The van der Waals surface area contributed by atoms with Gasteiger partial charge >= 0.3 is 0 Å². The highest BCUT2D eigenvalue weighted by atomic mass is 15.2. The normalized spacial score (nSPS) is 32.9. The van der Waals surface area contributed by atoms with E-state index >= 15 is 0 Å². The van der Waals surface area contributed by atoms with Crippen molar-refractivity contribution in [1.82, 2.24) is 4.90 Å². The lowest BCUT2D eigenvalue weighted by atomic mass is 9.95. The Bertz CT molecular complexity index is 278. The molecule has 0 aliphatic carbocycles. The Hall–Kier alpha value is -0.790. The second-order valence-electron chi connectivity index (χ2n) is 4.80. The van der Waals surface area contributed by atoms with E-state index in [-0.39, 0.29) is 0 Å². The van der Waals surface area contributed by atoms with Gasteiger partial charge in [-0.15, -0.1) is 0 Å². The molecule has 0 fully saturated rings. The molecular weight excluding hydrogens is 172 g/mol. The first kappa shape index (κ1) is 9.75. The average molecular weight is 192 g/mol. The Kier molecular flexibility index (Phi) is 2.62. The van der Waals surface area contributed by atoms with Crippen LogP contribution in [-0.4, -0.2) is 23.3 Å².